The Kier molecular flexibility index (Phi) is 4.07. The Morgan fingerprint density at radius 3 is 2.75 bits per heavy atom. The summed E-state index contributed by atoms with van der Waals surface area (Å²) >= 11 is 0.891. The molecule has 3 N–H and O–H groups in total. The number of ether oxygens (including phenoxy) is 1. The summed E-state index contributed by atoms with van der Waals surface area (Å²) in [4.78, 5) is 36.0. The number of nitrogens with zero attached hydrogens (tertiary/aromatic N) is 4. The van der Waals surface area contributed by atoms with Crippen molar-refractivity contribution in [3.63, 3.8) is 0 Å². The Balaban J connectivity index is 1.66. The van der Waals surface area contributed by atoms with Gasteiger partial charge in [0.05, 0.1) is 18.8 Å². The first-order valence-electron chi connectivity index (χ1n) is 8.05. The lowest BCUT2D eigenvalue weighted by atomic mass is 10.1. The molecule has 4 rings (SSSR count). The van der Waals surface area contributed by atoms with E-state index in [4.69, 9.17) is 10.5 Å². The lowest BCUT2D eigenvalue weighted by molar-refractivity contribution is -0.116. The zero-order valence-electron chi connectivity index (χ0n) is 13.0. The molecule has 10 heteroatoms. The van der Waals surface area contributed by atoms with Gasteiger partial charge in [-0.15, -0.1) is 0 Å². The van der Waals surface area contributed by atoms with E-state index in [-0.39, 0.29) is 30.0 Å². The average Bonchev–Trinajstić information content (AvgIpc) is 3.24. The first-order chi connectivity index (χ1) is 11.6. The molecule has 0 spiro atoms. The molecule has 0 bridgehead atoms. The zero-order valence-corrected chi connectivity index (χ0v) is 13.8. The maximum absolute atomic E-state index is 12.5. The van der Waals surface area contributed by atoms with E-state index < -0.39 is 17.4 Å². The third-order valence-electron chi connectivity index (χ3n) is 4.81. The van der Waals surface area contributed by atoms with Gasteiger partial charge in [0.1, 0.15) is 5.84 Å². The van der Waals surface area contributed by atoms with Crippen LogP contribution in [0, 0.1) is 0 Å². The summed E-state index contributed by atoms with van der Waals surface area (Å²) < 4.78 is 5.94. The lowest BCUT2D eigenvalue weighted by Crippen LogP contribution is -2.52. The molecule has 130 valence electrons. The summed E-state index contributed by atoms with van der Waals surface area (Å²) in [6.07, 6.45) is 1.96. The molecule has 0 aromatic carbocycles. The predicted octanol–water partition coefficient (Wildman–Crippen LogP) is -0.651. The van der Waals surface area contributed by atoms with Crippen molar-refractivity contribution in [3.8, 4) is 0 Å². The Morgan fingerprint density at radius 1 is 1.29 bits per heavy atom. The summed E-state index contributed by atoms with van der Waals surface area (Å²) in [7, 11) is 0. The molecule has 3 saturated heterocycles. The zero-order chi connectivity index (χ0) is 16.8. The fourth-order valence-corrected chi connectivity index (χ4v) is 4.67. The number of guanidine groups is 1. The summed E-state index contributed by atoms with van der Waals surface area (Å²) in [5.41, 5.74) is 5.60. The van der Waals surface area contributed by atoms with Crippen LogP contribution in [0.2, 0.25) is 0 Å². The van der Waals surface area contributed by atoms with Gasteiger partial charge in [0.25, 0.3) is 11.1 Å². The quantitative estimate of drug-likeness (QED) is 0.691. The van der Waals surface area contributed by atoms with Crippen LogP contribution in [-0.4, -0.2) is 81.2 Å². The Hall–Kier alpha value is -1.49. The molecule has 0 radical (unpaired) electrons. The number of nitrogens with two attached hydrogens (primary N) is 1. The molecule has 0 aromatic rings. The Bertz CT molecular complexity index is 633. The van der Waals surface area contributed by atoms with E-state index in [2.05, 4.69) is 14.9 Å². The van der Waals surface area contributed by atoms with Crippen molar-refractivity contribution >= 4 is 34.7 Å². The van der Waals surface area contributed by atoms with Crippen molar-refractivity contribution in [2.24, 2.45) is 15.7 Å². The van der Waals surface area contributed by atoms with Crippen LogP contribution in [0.5, 0.6) is 0 Å². The normalized spacial score (nSPS) is 37.0. The number of likely N-dealkylation sites (tertiary alicyclic amines) is 1. The number of aliphatic imine (C=N–C) groups is 2. The smallest absolute Gasteiger partial charge is 0.290 e. The van der Waals surface area contributed by atoms with Gasteiger partial charge in [0.15, 0.2) is 11.5 Å². The fourth-order valence-electron chi connectivity index (χ4n) is 3.73. The van der Waals surface area contributed by atoms with E-state index in [0.717, 1.165) is 37.7 Å². The first kappa shape index (κ1) is 16.0. The maximum atomic E-state index is 12.5. The molecule has 0 saturated carbocycles. The van der Waals surface area contributed by atoms with E-state index in [1.807, 2.05) is 0 Å². The van der Waals surface area contributed by atoms with E-state index in [9.17, 15) is 14.7 Å². The summed E-state index contributed by atoms with van der Waals surface area (Å²) in [5.74, 6) is -0.302. The summed E-state index contributed by atoms with van der Waals surface area (Å²) in [6, 6.07) is -0.0224. The summed E-state index contributed by atoms with van der Waals surface area (Å²) in [6.45, 7) is 1.78. The van der Waals surface area contributed by atoms with Crippen molar-refractivity contribution in [3.05, 3.63) is 0 Å². The van der Waals surface area contributed by atoms with Crippen molar-refractivity contribution in [2.75, 3.05) is 19.7 Å². The number of aliphatic hydroxyl groups is 1. The molecular weight excluding hydrogens is 334 g/mol. The second-order valence-corrected chi connectivity index (χ2v) is 7.35. The number of aliphatic hydroxyl groups excluding tert-OH is 1. The standard InChI is InChI=1S/C14H19N5O4S/c15-13-16-10-9(11(21)17-13)24-14(22)19(10)12-8(5-7(6-20)23-12)18-3-1-2-4-18/h7-9,12,20H,1-6H2,(H2,15,17,21)/t7-,8+,9?,12+/m0/s1. The van der Waals surface area contributed by atoms with Crippen LogP contribution < -0.4 is 5.73 Å². The van der Waals surface area contributed by atoms with Crippen LogP contribution in [-0.2, 0) is 9.53 Å². The van der Waals surface area contributed by atoms with E-state index in [0.29, 0.717) is 12.3 Å². The number of rotatable bonds is 3. The van der Waals surface area contributed by atoms with Crippen LogP contribution in [0.3, 0.4) is 0 Å². The number of hydrogen-bond acceptors (Lipinski definition) is 8. The van der Waals surface area contributed by atoms with Gasteiger partial charge in [-0.3, -0.25) is 19.4 Å². The minimum Gasteiger partial charge on any atom is -0.394 e. The first-order valence-corrected chi connectivity index (χ1v) is 8.93. The monoisotopic (exact) mass is 353 g/mol. The molecule has 4 heterocycles. The molecule has 4 aliphatic heterocycles. The number of carbonyl (C=O) groups is 2. The van der Waals surface area contributed by atoms with Gasteiger partial charge in [-0.1, -0.05) is 0 Å². The minimum absolute atomic E-state index is 0.0224. The molecule has 1 unspecified atom stereocenters. The molecule has 0 aliphatic carbocycles. The van der Waals surface area contributed by atoms with Crippen LogP contribution in [0.1, 0.15) is 19.3 Å². The number of fused-ring (bicyclic) bond motifs is 1. The molecule has 4 aliphatic rings. The van der Waals surface area contributed by atoms with Gasteiger partial charge in [-0.25, -0.2) is 0 Å². The second kappa shape index (κ2) is 6.10. The minimum atomic E-state index is -0.749. The Labute approximate surface area is 142 Å². The van der Waals surface area contributed by atoms with Crippen molar-refractivity contribution in [1.29, 1.82) is 0 Å². The third kappa shape index (κ3) is 2.53. The summed E-state index contributed by atoms with van der Waals surface area (Å²) in [5, 5.41) is 8.46. The highest BCUT2D eigenvalue weighted by Gasteiger charge is 2.52. The SMILES string of the molecule is NC1=NC(=O)C2SC(=O)N([C@@H]3O[C@H](CO)C[C@H]3N3CCCC3)C2=N1. The number of thioether (sulfide) groups is 1. The van der Waals surface area contributed by atoms with Crippen molar-refractivity contribution in [2.45, 2.75) is 42.9 Å². The lowest BCUT2D eigenvalue weighted by Gasteiger charge is -2.33. The highest BCUT2D eigenvalue weighted by Crippen LogP contribution is 2.38. The van der Waals surface area contributed by atoms with Crippen LogP contribution in [0.15, 0.2) is 9.98 Å². The van der Waals surface area contributed by atoms with Crippen LogP contribution in [0.4, 0.5) is 4.79 Å². The van der Waals surface area contributed by atoms with Gasteiger partial charge in [0.2, 0.25) is 5.96 Å². The topological polar surface area (TPSA) is 121 Å². The van der Waals surface area contributed by atoms with E-state index in [1.165, 1.54) is 4.90 Å². The van der Waals surface area contributed by atoms with Gasteiger partial charge in [0, 0.05) is 0 Å². The highest BCUT2D eigenvalue weighted by atomic mass is 32.2. The maximum Gasteiger partial charge on any atom is 0.290 e. The number of hydrogen-bond donors (Lipinski definition) is 2. The highest BCUT2D eigenvalue weighted by molar-refractivity contribution is 8.16. The van der Waals surface area contributed by atoms with Gasteiger partial charge in [-0.2, -0.15) is 9.98 Å². The van der Waals surface area contributed by atoms with Crippen molar-refractivity contribution < 1.29 is 19.4 Å². The predicted molar refractivity (Wildman–Crippen MR) is 87.6 cm³/mol. The molecule has 9 nitrogen and oxygen atoms in total. The molecule has 4 atom stereocenters. The molecule has 0 aromatic heterocycles. The molecular formula is C14H19N5O4S. The van der Waals surface area contributed by atoms with E-state index in [1.54, 1.807) is 0 Å². The molecule has 3 fully saturated rings. The van der Waals surface area contributed by atoms with Crippen molar-refractivity contribution in [1.82, 2.24) is 9.80 Å². The van der Waals surface area contributed by atoms with Gasteiger partial charge in [-0.05, 0) is 44.1 Å². The van der Waals surface area contributed by atoms with Crippen LogP contribution in [0.25, 0.3) is 0 Å². The molecule has 24 heavy (non-hydrogen) atoms. The Morgan fingerprint density at radius 2 is 2.04 bits per heavy atom. The third-order valence-corrected chi connectivity index (χ3v) is 5.85. The number of carbonyl (C=O) groups excluding carboxylic acids is 2. The second-order valence-electron chi connectivity index (χ2n) is 6.29. The van der Waals surface area contributed by atoms with E-state index >= 15 is 0 Å². The molecule has 2 amide bonds. The fraction of sp³-hybridized carbons (Fsp3) is 0.714. The number of amides is 2. The number of amidine groups is 1. The average molecular weight is 353 g/mol. The largest absolute Gasteiger partial charge is 0.394 e. The van der Waals surface area contributed by atoms with Crippen LogP contribution >= 0.6 is 11.8 Å². The van der Waals surface area contributed by atoms with Gasteiger partial charge >= 0.3 is 0 Å². The van der Waals surface area contributed by atoms with Gasteiger partial charge < -0.3 is 15.6 Å².